The van der Waals surface area contributed by atoms with Crippen molar-refractivity contribution in [3.63, 3.8) is 0 Å². The Labute approximate surface area is 163 Å². The number of aromatic nitrogens is 2. The van der Waals surface area contributed by atoms with Crippen LogP contribution in [0.1, 0.15) is 10.5 Å². The molecule has 0 unspecified atom stereocenters. The van der Waals surface area contributed by atoms with Crippen LogP contribution in [0.2, 0.25) is 0 Å². The smallest absolute Gasteiger partial charge is 0.326 e. The van der Waals surface area contributed by atoms with Gasteiger partial charge in [-0.25, -0.2) is 4.31 Å². The van der Waals surface area contributed by atoms with Crippen LogP contribution in [0.5, 0.6) is 0 Å². The third-order valence-electron chi connectivity index (χ3n) is 4.61. The van der Waals surface area contributed by atoms with Gasteiger partial charge in [-0.05, 0) is 18.2 Å². The first kappa shape index (κ1) is 18.1. The summed E-state index contributed by atoms with van der Waals surface area (Å²) >= 11 is 0. The topological polar surface area (TPSA) is 98.4 Å². The Kier molecular flexibility index (Phi) is 4.52. The van der Waals surface area contributed by atoms with Crippen molar-refractivity contribution < 1.29 is 13.2 Å². The van der Waals surface area contributed by atoms with E-state index in [9.17, 15) is 13.2 Å². The quantitative estimate of drug-likeness (QED) is 0.688. The zero-order valence-electron chi connectivity index (χ0n) is 15.2. The molecular weight excluding hydrogens is 378 g/mol. The second kappa shape index (κ2) is 7.01. The van der Waals surface area contributed by atoms with E-state index < -0.39 is 10.2 Å². The summed E-state index contributed by atoms with van der Waals surface area (Å²) in [7, 11) is -2.11. The Hall–Kier alpha value is -3.33. The number of nitrogens with one attached hydrogen (secondary N) is 2. The van der Waals surface area contributed by atoms with Gasteiger partial charge in [0.2, 0.25) is 0 Å². The number of para-hydroxylation sites is 2. The lowest BCUT2D eigenvalue weighted by Crippen LogP contribution is -2.40. The van der Waals surface area contributed by atoms with Crippen LogP contribution in [0, 0.1) is 0 Å². The van der Waals surface area contributed by atoms with Gasteiger partial charge in [-0.2, -0.15) is 13.5 Å². The van der Waals surface area contributed by atoms with Gasteiger partial charge in [-0.15, -0.1) is 0 Å². The molecule has 1 aliphatic heterocycles. The minimum absolute atomic E-state index is 0.134. The molecule has 8 nitrogen and oxygen atoms in total. The molecule has 2 heterocycles. The van der Waals surface area contributed by atoms with Crippen LogP contribution in [-0.4, -0.2) is 44.7 Å². The normalized spacial score (nSPS) is 14.8. The first-order valence-corrected chi connectivity index (χ1v) is 10.1. The van der Waals surface area contributed by atoms with Crippen LogP contribution >= 0.6 is 0 Å². The summed E-state index contributed by atoms with van der Waals surface area (Å²) in [6, 6.07) is 18.3. The maximum Gasteiger partial charge on any atom is 0.326 e. The number of rotatable bonds is 5. The van der Waals surface area contributed by atoms with E-state index in [-0.39, 0.29) is 19.0 Å². The molecule has 1 amide bonds. The fourth-order valence-corrected chi connectivity index (χ4v) is 4.56. The van der Waals surface area contributed by atoms with Crippen LogP contribution < -0.4 is 13.9 Å². The summed E-state index contributed by atoms with van der Waals surface area (Å²) in [5.74, 6) is -0.340. The van der Waals surface area contributed by atoms with Crippen LogP contribution in [0.3, 0.4) is 0 Å². The Balaban J connectivity index is 1.42. The number of H-pyrrole nitrogens is 1. The second-order valence-corrected chi connectivity index (χ2v) is 8.21. The SMILES string of the molecule is CN1c2ccccc2N(CCNC(=O)c2cc(-c3ccccc3)n[nH]2)S1(=O)=O. The van der Waals surface area contributed by atoms with E-state index >= 15 is 0 Å². The van der Waals surface area contributed by atoms with Gasteiger partial charge in [0.1, 0.15) is 5.69 Å². The van der Waals surface area contributed by atoms with Gasteiger partial charge in [0.15, 0.2) is 0 Å². The van der Waals surface area contributed by atoms with E-state index in [0.29, 0.717) is 22.8 Å². The fourth-order valence-electron chi connectivity index (χ4n) is 3.13. The van der Waals surface area contributed by atoms with E-state index in [0.717, 1.165) is 5.56 Å². The van der Waals surface area contributed by atoms with Crippen molar-refractivity contribution in [1.82, 2.24) is 15.5 Å². The molecular formula is C19H19N5O3S. The fraction of sp³-hybridized carbons (Fsp3) is 0.158. The van der Waals surface area contributed by atoms with Gasteiger partial charge in [-0.1, -0.05) is 42.5 Å². The minimum Gasteiger partial charge on any atom is -0.349 e. The maximum absolute atomic E-state index is 12.6. The Morgan fingerprint density at radius 3 is 2.50 bits per heavy atom. The molecule has 0 spiro atoms. The summed E-state index contributed by atoms with van der Waals surface area (Å²) in [4.78, 5) is 12.4. The number of benzene rings is 2. The summed E-state index contributed by atoms with van der Waals surface area (Å²) in [5.41, 5.74) is 3.12. The monoisotopic (exact) mass is 397 g/mol. The molecule has 28 heavy (non-hydrogen) atoms. The Bertz CT molecular complexity index is 1110. The van der Waals surface area contributed by atoms with Gasteiger partial charge in [-0.3, -0.25) is 14.2 Å². The molecule has 0 radical (unpaired) electrons. The molecule has 3 aromatic rings. The van der Waals surface area contributed by atoms with Crippen LogP contribution in [0.4, 0.5) is 11.4 Å². The maximum atomic E-state index is 12.6. The number of aromatic amines is 1. The Morgan fingerprint density at radius 2 is 1.75 bits per heavy atom. The van der Waals surface area contributed by atoms with Crippen LogP contribution in [-0.2, 0) is 10.2 Å². The number of amides is 1. The molecule has 1 aliphatic rings. The number of fused-ring (bicyclic) bond motifs is 1. The minimum atomic E-state index is -3.62. The van der Waals surface area contributed by atoms with Crippen LogP contribution in [0.25, 0.3) is 11.3 Å². The number of nitrogens with zero attached hydrogens (tertiary/aromatic N) is 3. The second-order valence-electron chi connectivity index (χ2n) is 6.32. The molecule has 0 saturated heterocycles. The average molecular weight is 397 g/mol. The third-order valence-corrected chi connectivity index (χ3v) is 6.43. The van der Waals surface area contributed by atoms with Crippen molar-refractivity contribution in [2.24, 2.45) is 0 Å². The van der Waals surface area contributed by atoms with E-state index in [1.807, 2.05) is 30.3 Å². The number of hydrogen-bond donors (Lipinski definition) is 2. The van der Waals surface area contributed by atoms with Crippen molar-refractivity contribution in [3.05, 3.63) is 66.4 Å². The number of carbonyl (C=O) groups excluding carboxylic acids is 1. The molecule has 1 aromatic heterocycles. The lowest BCUT2D eigenvalue weighted by atomic mass is 10.1. The van der Waals surface area contributed by atoms with Gasteiger partial charge < -0.3 is 5.32 Å². The van der Waals surface area contributed by atoms with Crippen molar-refractivity contribution in [3.8, 4) is 11.3 Å². The highest BCUT2D eigenvalue weighted by atomic mass is 32.2. The Morgan fingerprint density at radius 1 is 1.07 bits per heavy atom. The van der Waals surface area contributed by atoms with Crippen LogP contribution in [0.15, 0.2) is 60.7 Å². The summed E-state index contributed by atoms with van der Waals surface area (Å²) in [6.45, 7) is 0.301. The highest BCUT2D eigenvalue weighted by molar-refractivity contribution is 7.94. The number of carbonyl (C=O) groups is 1. The summed E-state index contributed by atoms with van der Waals surface area (Å²) in [5, 5.41) is 9.62. The molecule has 4 rings (SSSR count). The number of hydrogen-bond acceptors (Lipinski definition) is 4. The largest absolute Gasteiger partial charge is 0.349 e. The van der Waals surface area contributed by atoms with Gasteiger partial charge in [0, 0.05) is 19.2 Å². The summed E-state index contributed by atoms with van der Waals surface area (Å²) < 4.78 is 27.7. The van der Waals surface area contributed by atoms with Crippen molar-refractivity contribution in [2.75, 3.05) is 28.7 Å². The lowest BCUT2D eigenvalue weighted by molar-refractivity contribution is 0.0950. The first-order valence-electron chi connectivity index (χ1n) is 8.73. The van der Waals surface area contributed by atoms with E-state index in [4.69, 9.17) is 0 Å². The molecule has 2 aromatic carbocycles. The van der Waals surface area contributed by atoms with Crippen molar-refractivity contribution >= 4 is 27.5 Å². The molecule has 0 fully saturated rings. The van der Waals surface area contributed by atoms with E-state index in [2.05, 4.69) is 15.5 Å². The van der Waals surface area contributed by atoms with Gasteiger partial charge in [0.25, 0.3) is 5.91 Å². The van der Waals surface area contributed by atoms with Gasteiger partial charge in [0.05, 0.1) is 23.6 Å². The third kappa shape index (κ3) is 3.09. The van der Waals surface area contributed by atoms with E-state index in [1.165, 1.54) is 15.7 Å². The molecule has 2 N–H and O–H groups in total. The average Bonchev–Trinajstić information content (AvgIpc) is 3.27. The highest BCUT2D eigenvalue weighted by Crippen LogP contribution is 2.38. The predicted molar refractivity (Wildman–Crippen MR) is 107 cm³/mol. The molecule has 0 saturated carbocycles. The zero-order chi connectivity index (χ0) is 19.7. The number of anilines is 2. The standard InChI is InChI=1S/C19H19N5O3S/c1-23-17-9-5-6-10-18(17)24(28(23,26)27)12-11-20-19(25)16-13-15(21-22-16)14-7-3-2-4-8-14/h2-10,13H,11-12H2,1H3,(H,20,25)(H,21,22). The lowest BCUT2D eigenvalue weighted by Gasteiger charge is -2.19. The summed E-state index contributed by atoms with van der Waals surface area (Å²) in [6.07, 6.45) is 0. The molecule has 144 valence electrons. The van der Waals surface area contributed by atoms with Crippen molar-refractivity contribution in [1.29, 1.82) is 0 Å². The molecule has 0 aliphatic carbocycles. The highest BCUT2D eigenvalue weighted by Gasteiger charge is 2.37. The molecule has 9 heteroatoms. The molecule has 0 atom stereocenters. The molecule has 0 bridgehead atoms. The van der Waals surface area contributed by atoms with Gasteiger partial charge >= 0.3 is 10.2 Å². The van der Waals surface area contributed by atoms with E-state index in [1.54, 1.807) is 30.3 Å². The zero-order valence-corrected chi connectivity index (χ0v) is 16.0. The van der Waals surface area contributed by atoms with Crippen molar-refractivity contribution in [2.45, 2.75) is 0 Å². The first-order chi connectivity index (χ1) is 13.5. The predicted octanol–water partition coefficient (Wildman–Crippen LogP) is 2.01.